The van der Waals surface area contributed by atoms with Gasteiger partial charge in [-0.2, -0.15) is 0 Å². The number of guanidine groups is 1. The second-order valence-electron chi connectivity index (χ2n) is 7.78. The Hall–Kier alpha value is -0.570. The molecule has 0 spiro atoms. The molecule has 0 bridgehead atoms. The highest BCUT2D eigenvalue weighted by atomic mass is 127. The summed E-state index contributed by atoms with van der Waals surface area (Å²) in [5, 5.41) is 6.14. The van der Waals surface area contributed by atoms with Gasteiger partial charge in [0.1, 0.15) is 0 Å². The van der Waals surface area contributed by atoms with Crippen molar-refractivity contribution >= 4 is 35.8 Å². The zero-order chi connectivity index (χ0) is 20.5. The first-order valence-electron chi connectivity index (χ1n) is 11.5. The van der Waals surface area contributed by atoms with Crippen LogP contribution in [0.3, 0.4) is 0 Å². The number of hydrogen-bond donors (Lipinski definition) is 2. The average Bonchev–Trinajstić information content (AvgIpc) is 2.71. The number of carbonyl (C=O) groups excluding carboxylic acids is 1. The highest BCUT2D eigenvalue weighted by molar-refractivity contribution is 14.0. The summed E-state index contributed by atoms with van der Waals surface area (Å²) >= 11 is 0. The minimum absolute atomic E-state index is 0. The van der Waals surface area contributed by atoms with Gasteiger partial charge in [-0.1, -0.05) is 39.0 Å². The molecule has 1 aliphatic rings. The number of carbonyl (C=O) groups is 1. The van der Waals surface area contributed by atoms with Crippen LogP contribution in [-0.4, -0.2) is 63.2 Å². The molecule has 1 saturated heterocycles. The molecule has 29 heavy (non-hydrogen) atoms. The topological polar surface area (TPSA) is 66.0 Å². The van der Waals surface area contributed by atoms with E-state index in [9.17, 15) is 4.79 Å². The number of piperidine rings is 1. The van der Waals surface area contributed by atoms with Crippen LogP contribution in [0, 0.1) is 5.92 Å². The van der Waals surface area contributed by atoms with Crippen LogP contribution in [-0.2, 0) is 9.53 Å². The number of ether oxygens (including phenoxy) is 1. The van der Waals surface area contributed by atoms with Crippen LogP contribution in [0.15, 0.2) is 4.99 Å². The lowest BCUT2D eigenvalue weighted by molar-refractivity contribution is -0.121. The van der Waals surface area contributed by atoms with Crippen molar-refractivity contribution in [2.45, 2.75) is 78.1 Å². The summed E-state index contributed by atoms with van der Waals surface area (Å²) in [6.45, 7) is 9.67. The number of nitrogens with zero attached hydrogens (tertiary/aromatic N) is 2. The molecule has 0 aromatic heterocycles. The maximum atomic E-state index is 11.6. The zero-order valence-electron chi connectivity index (χ0n) is 19.0. The first-order chi connectivity index (χ1) is 13.7. The fourth-order valence-electron chi connectivity index (χ4n) is 3.58. The van der Waals surface area contributed by atoms with Crippen molar-refractivity contribution in [1.29, 1.82) is 0 Å². The van der Waals surface area contributed by atoms with E-state index >= 15 is 0 Å². The van der Waals surface area contributed by atoms with Crippen LogP contribution in [0.2, 0.25) is 0 Å². The lowest BCUT2D eigenvalue weighted by atomic mass is 9.93. The van der Waals surface area contributed by atoms with E-state index in [1.165, 1.54) is 38.5 Å². The molecule has 7 heteroatoms. The molecule has 6 nitrogen and oxygen atoms in total. The van der Waals surface area contributed by atoms with E-state index in [4.69, 9.17) is 9.73 Å². The van der Waals surface area contributed by atoms with Gasteiger partial charge in [-0.3, -0.25) is 9.79 Å². The number of aliphatic imine (C=N–C) groups is 1. The molecule has 1 aliphatic heterocycles. The molecule has 0 radical (unpaired) electrons. The normalized spacial score (nSPS) is 15.1. The van der Waals surface area contributed by atoms with Gasteiger partial charge >= 0.3 is 0 Å². The monoisotopic (exact) mass is 524 g/mol. The smallest absolute Gasteiger partial charge is 0.220 e. The summed E-state index contributed by atoms with van der Waals surface area (Å²) in [6.07, 6.45) is 11.6. The SMILES string of the molecule is CCCCCCCCOCCCN=C(NCC)N1CCC(CC(=O)NC)CC1.I. The first kappa shape index (κ1) is 28.4. The highest BCUT2D eigenvalue weighted by Crippen LogP contribution is 2.20. The number of nitrogens with one attached hydrogen (secondary N) is 2. The third-order valence-electron chi connectivity index (χ3n) is 5.35. The predicted octanol–water partition coefficient (Wildman–Crippen LogP) is 4.19. The molecule has 1 amide bonds. The van der Waals surface area contributed by atoms with Crippen LogP contribution in [0.25, 0.3) is 0 Å². The third kappa shape index (κ3) is 14.1. The number of halogens is 1. The van der Waals surface area contributed by atoms with Gasteiger partial charge in [0, 0.05) is 52.9 Å². The summed E-state index contributed by atoms with van der Waals surface area (Å²) in [5.41, 5.74) is 0. The van der Waals surface area contributed by atoms with Crippen LogP contribution < -0.4 is 10.6 Å². The number of rotatable bonds is 14. The maximum Gasteiger partial charge on any atom is 0.220 e. The van der Waals surface area contributed by atoms with Gasteiger partial charge in [-0.15, -0.1) is 24.0 Å². The highest BCUT2D eigenvalue weighted by Gasteiger charge is 2.22. The molecule has 0 unspecified atom stereocenters. The molecule has 172 valence electrons. The van der Waals surface area contributed by atoms with Crippen molar-refractivity contribution in [2.75, 3.05) is 46.4 Å². The Morgan fingerprint density at radius 3 is 2.34 bits per heavy atom. The average molecular weight is 525 g/mol. The molecule has 2 N–H and O–H groups in total. The molecule has 0 aromatic carbocycles. The fourth-order valence-corrected chi connectivity index (χ4v) is 3.58. The molecule has 1 heterocycles. The lowest BCUT2D eigenvalue weighted by Gasteiger charge is -2.34. The van der Waals surface area contributed by atoms with Crippen LogP contribution in [0.4, 0.5) is 0 Å². The van der Waals surface area contributed by atoms with Crippen molar-refractivity contribution in [3.63, 3.8) is 0 Å². The molecule has 0 aliphatic carbocycles. The van der Waals surface area contributed by atoms with Crippen molar-refractivity contribution in [1.82, 2.24) is 15.5 Å². The van der Waals surface area contributed by atoms with Crippen molar-refractivity contribution in [3.8, 4) is 0 Å². The van der Waals surface area contributed by atoms with E-state index in [1.54, 1.807) is 7.05 Å². The largest absolute Gasteiger partial charge is 0.381 e. The van der Waals surface area contributed by atoms with E-state index in [2.05, 4.69) is 29.4 Å². The lowest BCUT2D eigenvalue weighted by Crippen LogP contribution is -2.46. The van der Waals surface area contributed by atoms with Crippen molar-refractivity contribution < 1.29 is 9.53 Å². The molecule has 1 rings (SSSR count). The third-order valence-corrected chi connectivity index (χ3v) is 5.35. The molecule has 0 saturated carbocycles. The van der Waals surface area contributed by atoms with Gasteiger partial charge in [0.15, 0.2) is 5.96 Å². The Morgan fingerprint density at radius 2 is 1.69 bits per heavy atom. The summed E-state index contributed by atoms with van der Waals surface area (Å²) in [6, 6.07) is 0. The minimum atomic E-state index is 0. The second kappa shape index (κ2) is 19.4. The summed E-state index contributed by atoms with van der Waals surface area (Å²) in [7, 11) is 1.71. The fraction of sp³-hybridized carbons (Fsp3) is 0.909. The molecule has 0 aromatic rings. The predicted molar refractivity (Wildman–Crippen MR) is 133 cm³/mol. The standard InChI is InChI=1S/C22H44N4O2.HI/c1-4-6-7-8-9-10-17-28-18-11-14-25-22(24-5-2)26-15-12-20(13-16-26)19-21(27)23-3;/h20H,4-19H2,1-3H3,(H,23,27)(H,24,25);1H. The Labute approximate surface area is 196 Å². The number of hydrogen-bond acceptors (Lipinski definition) is 3. The Morgan fingerprint density at radius 1 is 1.03 bits per heavy atom. The van der Waals surface area contributed by atoms with Crippen molar-refractivity contribution in [3.05, 3.63) is 0 Å². The Balaban J connectivity index is 0.00000784. The minimum Gasteiger partial charge on any atom is -0.381 e. The molecular formula is C22H45IN4O2. The van der Waals surface area contributed by atoms with E-state index in [0.717, 1.165) is 64.6 Å². The molecule has 0 atom stereocenters. The summed E-state index contributed by atoms with van der Waals surface area (Å²) < 4.78 is 5.75. The van der Waals surface area contributed by atoms with Crippen LogP contribution in [0.1, 0.15) is 78.1 Å². The quantitative estimate of drug-likeness (QED) is 0.155. The van der Waals surface area contributed by atoms with E-state index in [-0.39, 0.29) is 29.9 Å². The molecular weight excluding hydrogens is 479 g/mol. The summed E-state index contributed by atoms with van der Waals surface area (Å²) in [4.78, 5) is 18.7. The maximum absolute atomic E-state index is 11.6. The van der Waals surface area contributed by atoms with Gasteiger partial charge in [-0.25, -0.2) is 0 Å². The number of amides is 1. The van der Waals surface area contributed by atoms with Gasteiger partial charge < -0.3 is 20.3 Å². The van der Waals surface area contributed by atoms with E-state index in [0.29, 0.717) is 12.3 Å². The van der Waals surface area contributed by atoms with Gasteiger partial charge in [0.25, 0.3) is 0 Å². The Kier molecular flexibility index (Phi) is 19.0. The van der Waals surface area contributed by atoms with Gasteiger partial charge in [-0.05, 0) is 38.5 Å². The van der Waals surface area contributed by atoms with Gasteiger partial charge in [0.05, 0.1) is 0 Å². The van der Waals surface area contributed by atoms with Crippen molar-refractivity contribution in [2.24, 2.45) is 10.9 Å². The number of unbranched alkanes of at least 4 members (excludes halogenated alkanes) is 5. The van der Waals surface area contributed by atoms with Crippen LogP contribution >= 0.6 is 24.0 Å². The number of likely N-dealkylation sites (tertiary alicyclic amines) is 1. The van der Waals surface area contributed by atoms with Gasteiger partial charge in [0.2, 0.25) is 5.91 Å². The Bertz CT molecular complexity index is 427. The first-order valence-corrected chi connectivity index (χ1v) is 11.5. The summed E-state index contributed by atoms with van der Waals surface area (Å²) in [5.74, 6) is 1.66. The molecule has 1 fully saturated rings. The van der Waals surface area contributed by atoms with E-state index in [1.807, 2.05) is 0 Å². The second-order valence-corrected chi connectivity index (χ2v) is 7.78. The van der Waals surface area contributed by atoms with Crippen LogP contribution in [0.5, 0.6) is 0 Å². The zero-order valence-corrected chi connectivity index (χ0v) is 21.3. The van der Waals surface area contributed by atoms with E-state index < -0.39 is 0 Å².